The number of rotatable bonds is 3. The molecule has 3 nitrogen and oxygen atoms in total. The first-order chi connectivity index (χ1) is 14.4. The number of aromatic nitrogens is 1. The highest BCUT2D eigenvalue weighted by atomic mass is 32.1. The van der Waals surface area contributed by atoms with Crippen molar-refractivity contribution in [1.29, 1.82) is 0 Å². The Kier molecular flexibility index (Phi) is 5.12. The Balaban J connectivity index is 2.09. The van der Waals surface area contributed by atoms with E-state index in [4.69, 9.17) is 0 Å². The standard InChI is InChI=1S/C17H9F11N2OS/c1-7-9(8-5-3-2-4-6-8)29-11(32-7)30-10(31)12(18)13(19,20)15(23,24)17(27,28)16(25,26)14(12,21)22/h2-6H,1H3,(H,29,30,31). The van der Waals surface area contributed by atoms with E-state index in [-0.39, 0.29) is 10.6 Å². The number of thiazole rings is 1. The molecule has 1 fully saturated rings. The number of anilines is 1. The summed E-state index contributed by atoms with van der Waals surface area (Å²) in [6.07, 6.45) is 0. The second-order valence-corrected chi connectivity index (χ2v) is 7.98. The summed E-state index contributed by atoms with van der Waals surface area (Å²) >= 11 is 0.377. The van der Waals surface area contributed by atoms with Crippen LogP contribution in [0.1, 0.15) is 4.88 Å². The van der Waals surface area contributed by atoms with Crippen molar-refractivity contribution in [2.45, 2.75) is 42.2 Å². The lowest BCUT2D eigenvalue weighted by molar-refractivity contribution is -0.475. The van der Waals surface area contributed by atoms with Crippen LogP contribution in [0.25, 0.3) is 11.3 Å². The number of hydrogen-bond acceptors (Lipinski definition) is 3. The minimum Gasteiger partial charge on any atom is -0.299 e. The number of aryl methyl sites for hydroxylation is 1. The van der Waals surface area contributed by atoms with Crippen molar-refractivity contribution in [2.75, 3.05) is 5.32 Å². The predicted octanol–water partition coefficient (Wildman–Crippen LogP) is 5.96. The highest BCUT2D eigenvalue weighted by Crippen LogP contribution is 2.69. The van der Waals surface area contributed by atoms with Gasteiger partial charge < -0.3 is 0 Å². The lowest BCUT2D eigenvalue weighted by atomic mass is 9.71. The van der Waals surface area contributed by atoms with Gasteiger partial charge in [-0.15, -0.1) is 11.3 Å². The molecule has 0 saturated heterocycles. The molecular formula is C17H9F11N2OS. The summed E-state index contributed by atoms with van der Waals surface area (Å²) in [5.74, 6) is -40.0. The molecule has 1 N–H and O–H groups in total. The summed E-state index contributed by atoms with van der Waals surface area (Å²) in [6.45, 7) is 1.34. The van der Waals surface area contributed by atoms with Crippen LogP contribution < -0.4 is 5.32 Å². The number of benzene rings is 1. The van der Waals surface area contributed by atoms with E-state index in [1.54, 1.807) is 6.07 Å². The number of amides is 1. The van der Waals surface area contributed by atoms with Crippen molar-refractivity contribution in [3.63, 3.8) is 0 Å². The van der Waals surface area contributed by atoms with Gasteiger partial charge in [0, 0.05) is 10.4 Å². The minimum absolute atomic E-state index is 0.0307. The van der Waals surface area contributed by atoms with Crippen LogP contribution in [0.2, 0.25) is 0 Å². The summed E-state index contributed by atoms with van der Waals surface area (Å²) < 4.78 is 151. The van der Waals surface area contributed by atoms with Gasteiger partial charge >= 0.3 is 35.3 Å². The summed E-state index contributed by atoms with van der Waals surface area (Å²) in [5.41, 5.74) is -6.38. The van der Waals surface area contributed by atoms with Crippen molar-refractivity contribution in [3.8, 4) is 11.3 Å². The zero-order valence-corrected chi connectivity index (χ0v) is 16.1. The van der Waals surface area contributed by atoms with Crippen molar-refractivity contribution in [2.24, 2.45) is 0 Å². The van der Waals surface area contributed by atoms with Crippen molar-refractivity contribution < 1.29 is 53.1 Å². The topological polar surface area (TPSA) is 42.0 Å². The Morgan fingerprint density at radius 1 is 0.781 bits per heavy atom. The molecule has 1 aromatic carbocycles. The van der Waals surface area contributed by atoms with Crippen molar-refractivity contribution >= 4 is 22.4 Å². The van der Waals surface area contributed by atoms with Crippen molar-refractivity contribution in [1.82, 2.24) is 4.98 Å². The van der Waals surface area contributed by atoms with E-state index < -0.39 is 46.3 Å². The third kappa shape index (κ3) is 2.65. The quantitative estimate of drug-likeness (QED) is 0.532. The minimum atomic E-state index is -7.39. The van der Waals surface area contributed by atoms with E-state index in [2.05, 4.69) is 4.98 Å². The first kappa shape index (κ1) is 24.2. The first-order valence-electron chi connectivity index (χ1n) is 8.30. The van der Waals surface area contributed by atoms with Gasteiger partial charge in [0.15, 0.2) is 5.13 Å². The average Bonchev–Trinajstić information content (AvgIpc) is 3.06. The van der Waals surface area contributed by atoms with E-state index in [0.29, 0.717) is 16.9 Å². The van der Waals surface area contributed by atoms with Gasteiger partial charge in [-0.1, -0.05) is 30.3 Å². The van der Waals surface area contributed by atoms with Gasteiger partial charge in [-0.25, -0.2) is 9.37 Å². The molecule has 1 aromatic heterocycles. The summed E-state index contributed by atoms with van der Waals surface area (Å²) in [4.78, 5) is 15.8. The van der Waals surface area contributed by atoms with Gasteiger partial charge in [-0.2, -0.15) is 43.9 Å². The molecule has 0 spiro atoms. The van der Waals surface area contributed by atoms with E-state index >= 15 is 0 Å². The first-order valence-corrected chi connectivity index (χ1v) is 9.12. The molecule has 0 unspecified atom stereocenters. The van der Waals surface area contributed by atoms with Crippen LogP contribution in [-0.2, 0) is 4.79 Å². The Bertz CT molecular complexity index is 1020. The second kappa shape index (κ2) is 6.78. The molecule has 15 heteroatoms. The molecule has 176 valence electrons. The molecule has 0 radical (unpaired) electrons. The zero-order valence-electron chi connectivity index (χ0n) is 15.3. The highest BCUT2D eigenvalue weighted by molar-refractivity contribution is 7.16. The van der Waals surface area contributed by atoms with Gasteiger partial charge in [0.05, 0.1) is 5.69 Å². The molecule has 1 aliphatic carbocycles. The number of carbonyl (C=O) groups is 1. The van der Waals surface area contributed by atoms with Crippen LogP contribution in [0.3, 0.4) is 0 Å². The average molecular weight is 498 g/mol. The number of nitrogens with zero attached hydrogens (tertiary/aromatic N) is 1. The molecule has 32 heavy (non-hydrogen) atoms. The Labute approximate surface area is 175 Å². The Hall–Kier alpha value is -2.45. The maximum Gasteiger partial charge on any atom is 0.384 e. The summed E-state index contributed by atoms with van der Waals surface area (Å²) in [6, 6.07) is 7.57. The fraction of sp³-hybridized carbons (Fsp3) is 0.412. The molecule has 1 heterocycles. The number of hydrogen-bond donors (Lipinski definition) is 1. The van der Waals surface area contributed by atoms with Gasteiger partial charge in [0.25, 0.3) is 5.91 Å². The van der Waals surface area contributed by atoms with E-state index in [1.165, 1.54) is 31.2 Å². The highest BCUT2D eigenvalue weighted by Gasteiger charge is 3.02. The summed E-state index contributed by atoms with van der Waals surface area (Å²) in [7, 11) is 0. The van der Waals surface area contributed by atoms with Gasteiger partial charge in [0.1, 0.15) is 0 Å². The zero-order chi connectivity index (χ0) is 24.5. The molecule has 0 aliphatic heterocycles. The van der Waals surface area contributed by atoms with Crippen LogP contribution in [0.15, 0.2) is 30.3 Å². The second-order valence-electron chi connectivity index (χ2n) is 6.77. The number of nitrogens with one attached hydrogen (secondary N) is 1. The SMILES string of the molecule is Cc1sc(NC(=O)C2(F)C(F)(F)C(F)(F)C(F)(F)C(F)(F)C2(F)F)nc1-c1ccccc1. The molecule has 1 aliphatic rings. The molecule has 2 aromatic rings. The maximum atomic E-state index is 14.7. The predicted molar refractivity (Wildman–Crippen MR) is 89.5 cm³/mol. The van der Waals surface area contributed by atoms with Gasteiger partial charge in [0.2, 0.25) is 0 Å². The third-order valence-electron chi connectivity index (χ3n) is 4.82. The normalized spacial score (nSPS) is 24.0. The lowest BCUT2D eigenvalue weighted by Crippen LogP contribution is -2.86. The number of alkyl halides is 11. The van der Waals surface area contributed by atoms with Crippen LogP contribution >= 0.6 is 11.3 Å². The van der Waals surface area contributed by atoms with E-state index in [1.807, 2.05) is 0 Å². The largest absolute Gasteiger partial charge is 0.384 e. The maximum absolute atomic E-state index is 14.7. The lowest BCUT2D eigenvalue weighted by Gasteiger charge is -2.51. The molecule has 0 atom stereocenters. The molecule has 0 bridgehead atoms. The molecular weight excluding hydrogens is 489 g/mol. The van der Waals surface area contributed by atoms with E-state index in [9.17, 15) is 53.1 Å². The number of carbonyl (C=O) groups excluding carboxylic acids is 1. The Morgan fingerprint density at radius 3 is 1.69 bits per heavy atom. The van der Waals surface area contributed by atoms with Gasteiger partial charge in [-0.3, -0.25) is 10.1 Å². The van der Waals surface area contributed by atoms with Crippen LogP contribution in [-0.4, -0.2) is 46.2 Å². The fourth-order valence-corrected chi connectivity index (χ4v) is 3.83. The monoisotopic (exact) mass is 498 g/mol. The van der Waals surface area contributed by atoms with Crippen LogP contribution in [0.4, 0.5) is 53.4 Å². The number of halogens is 11. The van der Waals surface area contributed by atoms with Crippen molar-refractivity contribution in [3.05, 3.63) is 35.2 Å². The van der Waals surface area contributed by atoms with Crippen LogP contribution in [0.5, 0.6) is 0 Å². The fourth-order valence-electron chi connectivity index (χ4n) is 3.00. The molecule has 1 saturated carbocycles. The van der Waals surface area contributed by atoms with Crippen LogP contribution in [0, 0.1) is 6.92 Å². The van der Waals surface area contributed by atoms with Gasteiger partial charge in [-0.05, 0) is 6.92 Å². The summed E-state index contributed by atoms with van der Waals surface area (Å²) in [5, 5.41) is 0.115. The third-order valence-corrected chi connectivity index (χ3v) is 5.71. The Morgan fingerprint density at radius 2 is 1.22 bits per heavy atom. The van der Waals surface area contributed by atoms with E-state index in [0.717, 1.165) is 5.32 Å². The smallest absolute Gasteiger partial charge is 0.299 e. The molecule has 1 amide bonds. The molecule has 3 rings (SSSR count).